The predicted octanol–water partition coefficient (Wildman–Crippen LogP) is 0.629. The van der Waals surface area contributed by atoms with Crippen LogP contribution in [0.4, 0.5) is 0 Å². The minimum Gasteiger partial charge on any atom is -0.469 e. The van der Waals surface area contributed by atoms with Crippen molar-refractivity contribution in [3.63, 3.8) is 0 Å². The lowest BCUT2D eigenvalue weighted by molar-refractivity contribution is -0.142. The molecule has 0 aliphatic heterocycles. The Morgan fingerprint density at radius 1 is 1.29 bits per heavy atom. The molecule has 1 atom stereocenters. The van der Waals surface area contributed by atoms with Crippen LogP contribution in [0.2, 0.25) is 0 Å². The number of ether oxygens (including phenoxy) is 1. The monoisotopic (exact) mass is 244 g/mol. The van der Waals surface area contributed by atoms with Crippen LogP contribution >= 0.6 is 0 Å². The lowest BCUT2D eigenvalue weighted by Gasteiger charge is -2.26. The minimum absolute atomic E-state index is 0.00473. The van der Waals surface area contributed by atoms with Gasteiger partial charge in [0.1, 0.15) is 0 Å². The van der Waals surface area contributed by atoms with Gasteiger partial charge in [-0.2, -0.15) is 0 Å². The number of nitrogens with two attached hydrogens (primary N) is 1. The van der Waals surface area contributed by atoms with Gasteiger partial charge in [0, 0.05) is 25.6 Å². The molecule has 17 heavy (non-hydrogen) atoms. The van der Waals surface area contributed by atoms with Crippen LogP contribution in [0.25, 0.3) is 0 Å². The zero-order chi connectivity index (χ0) is 13.4. The summed E-state index contributed by atoms with van der Waals surface area (Å²) in [6.07, 6.45) is 0.228. The van der Waals surface area contributed by atoms with E-state index < -0.39 is 0 Å². The van der Waals surface area contributed by atoms with Crippen molar-refractivity contribution in [3.8, 4) is 0 Å². The highest BCUT2D eigenvalue weighted by Gasteiger charge is 2.20. The number of hydrogen-bond donors (Lipinski definition) is 1. The Labute approximate surface area is 103 Å². The summed E-state index contributed by atoms with van der Waals surface area (Å²) in [7, 11) is 1.35. The molecule has 0 spiro atoms. The average molecular weight is 244 g/mol. The molecule has 0 saturated carbocycles. The first kappa shape index (κ1) is 15.9. The molecule has 0 fully saturated rings. The Hall–Kier alpha value is -1.10. The van der Waals surface area contributed by atoms with Crippen LogP contribution in [0.15, 0.2) is 0 Å². The smallest absolute Gasteiger partial charge is 0.307 e. The van der Waals surface area contributed by atoms with Gasteiger partial charge in [-0.15, -0.1) is 0 Å². The number of rotatable bonds is 7. The van der Waals surface area contributed by atoms with Gasteiger partial charge >= 0.3 is 5.97 Å². The van der Waals surface area contributed by atoms with Crippen LogP contribution in [-0.4, -0.2) is 43.5 Å². The van der Waals surface area contributed by atoms with Crippen molar-refractivity contribution in [2.45, 2.75) is 27.2 Å². The van der Waals surface area contributed by atoms with Crippen molar-refractivity contribution in [2.24, 2.45) is 17.6 Å². The zero-order valence-corrected chi connectivity index (χ0v) is 11.2. The Balaban J connectivity index is 4.42. The normalized spacial score (nSPS) is 12.4. The minimum atomic E-state index is -0.299. The molecule has 0 aliphatic rings. The molecule has 1 unspecified atom stereocenters. The van der Waals surface area contributed by atoms with E-state index in [0.29, 0.717) is 25.6 Å². The Bertz CT molecular complexity index is 254. The molecular formula is C12H24N2O3. The van der Waals surface area contributed by atoms with Crippen molar-refractivity contribution >= 4 is 11.9 Å². The number of carbonyl (C=O) groups excluding carboxylic acids is 2. The number of nitrogens with zero attached hydrogens (tertiary/aromatic N) is 1. The van der Waals surface area contributed by atoms with E-state index in [-0.39, 0.29) is 24.2 Å². The average Bonchev–Trinajstić information content (AvgIpc) is 2.31. The first-order valence-electron chi connectivity index (χ1n) is 5.98. The highest BCUT2D eigenvalue weighted by atomic mass is 16.5. The molecule has 0 heterocycles. The number of methoxy groups -OCH3 is 1. The molecule has 0 rings (SSSR count). The molecule has 0 aromatic carbocycles. The molecule has 100 valence electrons. The third-order valence-corrected chi connectivity index (χ3v) is 2.49. The van der Waals surface area contributed by atoms with Gasteiger partial charge in [0.2, 0.25) is 5.91 Å². The number of hydrogen-bond acceptors (Lipinski definition) is 4. The van der Waals surface area contributed by atoms with Gasteiger partial charge in [-0.25, -0.2) is 0 Å². The zero-order valence-electron chi connectivity index (χ0n) is 11.2. The molecule has 0 aromatic rings. The van der Waals surface area contributed by atoms with E-state index >= 15 is 0 Å². The van der Waals surface area contributed by atoms with Gasteiger partial charge in [-0.05, 0) is 5.92 Å². The maximum Gasteiger partial charge on any atom is 0.307 e. The molecule has 5 heteroatoms. The van der Waals surface area contributed by atoms with E-state index in [1.54, 1.807) is 11.8 Å². The van der Waals surface area contributed by atoms with Crippen LogP contribution in [0.3, 0.4) is 0 Å². The van der Waals surface area contributed by atoms with Crippen molar-refractivity contribution in [3.05, 3.63) is 0 Å². The van der Waals surface area contributed by atoms with Crippen molar-refractivity contribution < 1.29 is 14.3 Å². The summed E-state index contributed by atoms with van der Waals surface area (Å²) in [5.74, 6) is -0.134. The molecule has 0 bridgehead atoms. The van der Waals surface area contributed by atoms with Crippen LogP contribution in [0, 0.1) is 11.8 Å². The van der Waals surface area contributed by atoms with E-state index in [2.05, 4.69) is 4.74 Å². The van der Waals surface area contributed by atoms with Crippen LogP contribution in [0.5, 0.6) is 0 Å². The quantitative estimate of drug-likeness (QED) is 0.667. The molecule has 5 nitrogen and oxygen atoms in total. The molecule has 2 N–H and O–H groups in total. The van der Waals surface area contributed by atoms with Gasteiger partial charge < -0.3 is 15.4 Å². The lowest BCUT2D eigenvalue weighted by Crippen LogP contribution is -2.41. The van der Waals surface area contributed by atoms with Gasteiger partial charge in [-0.3, -0.25) is 9.59 Å². The van der Waals surface area contributed by atoms with Crippen LogP contribution in [0.1, 0.15) is 27.2 Å². The summed E-state index contributed by atoms with van der Waals surface area (Å²) in [4.78, 5) is 24.8. The van der Waals surface area contributed by atoms with E-state index in [9.17, 15) is 9.59 Å². The Morgan fingerprint density at radius 2 is 1.88 bits per heavy atom. The van der Waals surface area contributed by atoms with Gasteiger partial charge in [0.05, 0.1) is 13.5 Å². The topological polar surface area (TPSA) is 72.6 Å². The number of carbonyl (C=O) groups is 2. The summed E-state index contributed by atoms with van der Waals surface area (Å²) < 4.78 is 4.57. The van der Waals surface area contributed by atoms with Gasteiger partial charge in [0.15, 0.2) is 0 Å². The van der Waals surface area contributed by atoms with E-state index in [1.807, 2.05) is 13.8 Å². The molecule has 0 saturated heterocycles. The van der Waals surface area contributed by atoms with Crippen LogP contribution in [-0.2, 0) is 14.3 Å². The summed E-state index contributed by atoms with van der Waals surface area (Å²) in [6.45, 7) is 7.23. The maximum atomic E-state index is 12.0. The van der Waals surface area contributed by atoms with Crippen LogP contribution < -0.4 is 5.73 Å². The summed E-state index contributed by atoms with van der Waals surface area (Å²) in [5, 5.41) is 0. The summed E-state index contributed by atoms with van der Waals surface area (Å²) in [6, 6.07) is 0. The Kier molecular flexibility index (Phi) is 7.54. The second kappa shape index (κ2) is 8.06. The SMILES string of the molecule is COC(=O)CCN(CC(C)C)C(=O)C(C)CN. The van der Waals surface area contributed by atoms with E-state index in [1.165, 1.54) is 7.11 Å². The molecule has 0 aromatic heterocycles. The van der Waals surface area contributed by atoms with E-state index in [4.69, 9.17) is 5.73 Å². The molecule has 1 amide bonds. The van der Waals surface area contributed by atoms with Crippen molar-refractivity contribution in [2.75, 3.05) is 26.7 Å². The van der Waals surface area contributed by atoms with Gasteiger partial charge in [-0.1, -0.05) is 20.8 Å². The highest BCUT2D eigenvalue weighted by Crippen LogP contribution is 2.06. The maximum absolute atomic E-state index is 12.0. The largest absolute Gasteiger partial charge is 0.469 e. The first-order valence-corrected chi connectivity index (χ1v) is 5.98. The predicted molar refractivity (Wildman–Crippen MR) is 66.3 cm³/mol. The lowest BCUT2D eigenvalue weighted by atomic mass is 10.1. The fourth-order valence-corrected chi connectivity index (χ4v) is 1.47. The fourth-order valence-electron chi connectivity index (χ4n) is 1.47. The molecular weight excluding hydrogens is 220 g/mol. The molecule has 0 radical (unpaired) electrons. The van der Waals surface area contributed by atoms with E-state index in [0.717, 1.165) is 0 Å². The summed E-state index contributed by atoms with van der Waals surface area (Å²) >= 11 is 0. The third kappa shape index (κ3) is 6.26. The van der Waals surface area contributed by atoms with Crippen molar-refractivity contribution in [1.29, 1.82) is 0 Å². The number of esters is 1. The molecule has 0 aliphatic carbocycles. The second-order valence-electron chi connectivity index (χ2n) is 4.64. The third-order valence-electron chi connectivity index (χ3n) is 2.49. The Morgan fingerprint density at radius 3 is 2.29 bits per heavy atom. The highest BCUT2D eigenvalue weighted by molar-refractivity contribution is 5.79. The summed E-state index contributed by atoms with van der Waals surface area (Å²) in [5.41, 5.74) is 5.48. The fraction of sp³-hybridized carbons (Fsp3) is 0.833. The second-order valence-corrected chi connectivity index (χ2v) is 4.64. The standard InChI is InChI=1S/C12H24N2O3/c1-9(2)8-14(6-5-11(15)17-4)12(16)10(3)7-13/h9-10H,5-8,13H2,1-4H3. The van der Waals surface area contributed by atoms with Gasteiger partial charge in [0.25, 0.3) is 0 Å². The first-order chi connectivity index (χ1) is 7.92. The number of amides is 1. The van der Waals surface area contributed by atoms with Crippen molar-refractivity contribution in [1.82, 2.24) is 4.90 Å².